The number of benzene rings is 1. The minimum absolute atomic E-state index is 0.123. The van der Waals surface area contributed by atoms with Crippen molar-refractivity contribution in [1.82, 2.24) is 9.62 Å². The molecule has 142 valence electrons. The fraction of sp³-hybridized carbons (Fsp3) is 0.611. The molecule has 0 aromatic heterocycles. The minimum atomic E-state index is -3.67. The molecule has 0 bridgehead atoms. The molecule has 1 aromatic carbocycles. The van der Waals surface area contributed by atoms with Gasteiger partial charge in [-0.15, -0.1) is 0 Å². The summed E-state index contributed by atoms with van der Waals surface area (Å²) < 4.78 is 39.2. The van der Waals surface area contributed by atoms with Crippen molar-refractivity contribution in [2.24, 2.45) is 0 Å². The Morgan fingerprint density at radius 3 is 2.77 bits per heavy atom. The van der Waals surface area contributed by atoms with Gasteiger partial charge >= 0.3 is 0 Å². The summed E-state index contributed by atoms with van der Waals surface area (Å²) in [5.74, 6) is -0.206. The first-order valence-corrected chi connectivity index (χ1v) is 10.4. The Labute approximate surface area is 153 Å². The number of hydrogen-bond donors (Lipinski definition) is 1. The Morgan fingerprint density at radius 1 is 1.23 bits per heavy atom. The molecule has 3 aliphatic heterocycles. The largest absolute Gasteiger partial charge is 0.376 e. The van der Waals surface area contributed by atoms with Gasteiger partial charge in [0, 0.05) is 6.54 Å². The molecule has 1 amide bonds. The monoisotopic (exact) mass is 380 g/mol. The SMILES string of the molecule is CC1(C)OC2(CCCN(S(=O)(=O)c3ccc4c(c3)COCC4)C2)NC1=O. The number of sulfonamides is 1. The molecule has 2 fully saturated rings. The van der Waals surface area contributed by atoms with Crippen LogP contribution < -0.4 is 5.32 Å². The van der Waals surface area contributed by atoms with Gasteiger partial charge in [0.1, 0.15) is 5.60 Å². The zero-order valence-electron chi connectivity index (χ0n) is 15.1. The van der Waals surface area contributed by atoms with Gasteiger partial charge in [0.05, 0.1) is 24.7 Å². The lowest BCUT2D eigenvalue weighted by atomic mass is 10.0. The Hall–Kier alpha value is -1.48. The number of ether oxygens (including phenoxy) is 2. The van der Waals surface area contributed by atoms with Crippen molar-refractivity contribution in [2.45, 2.75) is 55.9 Å². The molecule has 4 rings (SSSR count). The summed E-state index contributed by atoms with van der Waals surface area (Å²) in [6, 6.07) is 5.25. The molecular formula is C18H24N2O5S. The molecule has 3 aliphatic rings. The second kappa shape index (κ2) is 6.02. The number of nitrogens with one attached hydrogen (secondary N) is 1. The third-order valence-corrected chi connectivity index (χ3v) is 7.19. The number of piperidine rings is 1. The summed E-state index contributed by atoms with van der Waals surface area (Å²) in [6.07, 6.45) is 2.04. The maximum atomic E-state index is 13.2. The fourth-order valence-corrected chi connectivity index (χ4v) is 5.52. The Balaban J connectivity index is 1.61. The molecule has 7 nitrogen and oxygen atoms in total. The van der Waals surface area contributed by atoms with Crippen LogP contribution in [-0.4, -0.2) is 49.7 Å². The average Bonchev–Trinajstić information content (AvgIpc) is 2.82. The number of hydrogen-bond acceptors (Lipinski definition) is 5. The van der Waals surface area contributed by atoms with E-state index in [0.29, 0.717) is 32.6 Å². The number of fused-ring (bicyclic) bond motifs is 1. The zero-order chi connectivity index (χ0) is 18.6. The number of carbonyl (C=O) groups excluding carboxylic acids is 1. The van der Waals surface area contributed by atoms with E-state index >= 15 is 0 Å². The van der Waals surface area contributed by atoms with E-state index in [-0.39, 0.29) is 17.3 Å². The molecule has 8 heteroatoms. The van der Waals surface area contributed by atoms with Gasteiger partial charge in [-0.2, -0.15) is 4.31 Å². The highest BCUT2D eigenvalue weighted by Gasteiger charge is 2.53. The van der Waals surface area contributed by atoms with Crippen molar-refractivity contribution >= 4 is 15.9 Å². The van der Waals surface area contributed by atoms with E-state index in [0.717, 1.165) is 17.5 Å². The van der Waals surface area contributed by atoms with E-state index in [9.17, 15) is 13.2 Å². The molecule has 0 aliphatic carbocycles. The van der Waals surface area contributed by atoms with Gasteiger partial charge in [-0.3, -0.25) is 4.79 Å². The third-order valence-electron chi connectivity index (χ3n) is 5.35. The highest BCUT2D eigenvalue weighted by atomic mass is 32.2. The molecule has 0 radical (unpaired) electrons. The van der Waals surface area contributed by atoms with Gasteiger partial charge in [-0.1, -0.05) is 6.07 Å². The molecule has 1 unspecified atom stereocenters. The van der Waals surface area contributed by atoms with E-state index in [2.05, 4.69) is 5.32 Å². The molecule has 1 aromatic rings. The number of rotatable bonds is 2. The van der Waals surface area contributed by atoms with Crippen LogP contribution in [0.15, 0.2) is 23.1 Å². The lowest BCUT2D eigenvalue weighted by Crippen LogP contribution is -2.56. The quantitative estimate of drug-likeness (QED) is 0.832. The molecular weight excluding hydrogens is 356 g/mol. The van der Waals surface area contributed by atoms with Crippen molar-refractivity contribution in [3.8, 4) is 0 Å². The first-order valence-electron chi connectivity index (χ1n) is 8.94. The van der Waals surface area contributed by atoms with E-state index in [1.165, 1.54) is 4.31 Å². The lowest BCUT2D eigenvalue weighted by Gasteiger charge is -2.39. The second-order valence-corrected chi connectivity index (χ2v) is 9.67. The maximum absolute atomic E-state index is 13.2. The smallest absolute Gasteiger partial charge is 0.254 e. The van der Waals surface area contributed by atoms with E-state index in [4.69, 9.17) is 9.47 Å². The molecule has 3 heterocycles. The predicted molar refractivity (Wildman–Crippen MR) is 93.8 cm³/mol. The summed E-state index contributed by atoms with van der Waals surface area (Å²) in [5, 5.41) is 2.88. The molecule has 1 N–H and O–H groups in total. The van der Waals surface area contributed by atoms with Crippen LogP contribution in [0, 0.1) is 0 Å². The molecule has 1 atom stereocenters. The van der Waals surface area contributed by atoms with Crippen LogP contribution in [-0.2, 0) is 37.3 Å². The molecule has 0 saturated carbocycles. The van der Waals surface area contributed by atoms with Crippen LogP contribution in [0.5, 0.6) is 0 Å². The van der Waals surface area contributed by atoms with E-state index < -0.39 is 21.3 Å². The van der Waals surface area contributed by atoms with Crippen LogP contribution in [0.1, 0.15) is 37.8 Å². The van der Waals surface area contributed by atoms with Gasteiger partial charge in [0.15, 0.2) is 5.72 Å². The maximum Gasteiger partial charge on any atom is 0.254 e. The third kappa shape index (κ3) is 2.94. The van der Waals surface area contributed by atoms with Crippen LogP contribution >= 0.6 is 0 Å². The Morgan fingerprint density at radius 2 is 2.04 bits per heavy atom. The first-order chi connectivity index (χ1) is 12.2. The van der Waals surface area contributed by atoms with Crippen molar-refractivity contribution in [3.05, 3.63) is 29.3 Å². The highest BCUT2D eigenvalue weighted by molar-refractivity contribution is 7.89. The van der Waals surface area contributed by atoms with Crippen LogP contribution in [0.25, 0.3) is 0 Å². The van der Waals surface area contributed by atoms with Gasteiger partial charge in [-0.25, -0.2) is 8.42 Å². The van der Waals surface area contributed by atoms with Gasteiger partial charge in [-0.05, 0) is 56.4 Å². The van der Waals surface area contributed by atoms with Gasteiger partial charge in [0.25, 0.3) is 5.91 Å². The number of amides is 1. The van der Waals surface area contributed by atoms with Crippen LogP contribution in [0.4, 0.5) is 0 Å². The summed E-state index contributed by atoms with van der Waals surface area (Å²) in [4.78, 5) is 12.4. The standard InChI is InChI=1S/C18H24N2O5S/c1-17(2)16(21)19-18(25-17)7-3-8-20(12-18)26(22,23)15-5-4-13-6-9-24-11-14(13)10-15/h4-5,10H,3,6-9,11-12H2,1-2H3,(H,19,21). The highest BCUT2D eigenvalue weighted by Crippen LogP contribution is 2.35. The normalized spacial score (nSPS) is 28.8. The zero-order valence-corrected chi connectivity index (χ0v) is 15.9. The molecule has 2 saturated heterocycles. The predicted octanol–water partition coefficient (Wildman–Crippen LogP) is 1.17. The molecule has 1 spiro atoms. The van der Waals surface area contributed by atoms with Gasteiger partial charge < -0.3 is 14.8 Å². The average molecular weight is 380 g/mol. The number of nitrogens with zero attached hydrogens (tertiary/aromatic N) is 1. The fourth-order valence-electron chi connectivity index (χ4n) is 3.95. The van der Waals surface area contributed by atoms with E-state index in [1.807, 2.05) is 6.07 Å². The summed E-state index contributed by atoms with van der Waals surface area (Å²) in [6.45, 7) is 5.05. The van der Waals surface area contributed by atoms with Crippen molar-refractivity contribution in [2.75, 3.05) is 19.7 Å². The van der Waals surface area contributed by atoms with Gasteiger partial charge in [0.2, 0.25) is 10.0 Å². The van der Waals surface area contributed by atoms with Crippen molar-refractivity contribution < 1.29 is 22.7 Å². The van der Waals surface area contributed by atoms with E-state index in [1.54, 1.807) is 26.0 Å². The number of carbonyl (C=O) groups is 1. The van der Waals surface area contributed by atoms with Crippen molar-refractivity contribution in [1.29, 1.82) is 0 Å². The summed E-state index contributed by atoms with van der Waals surface area (Å²) >= 11 is 0. The summed E-state index contributed by atoms with van der Waals surface area (Å²) in [7, 11) is -3.67. The molecule has 26 heavy (non-hydrogen) atoms. The Bertz CT molecular complexity index is 851. The lowest BCUT2D eigenvalue weighted by molar-refractivity contribution is -0.137. The Kier molecular flexibility index (Phi) is 4.15. The summed E-state index contributed by atoms with van der Waals surface area (Å²) in [5.41, 5.74) is 0.174. The topological polar surface area (TPSA) is 84.9 Å². The first kappa shape index (κ1) is 17.9. The van der Waals surface area contributed by atoms with Crippen LogP contribution in [0.2, 0.25) is 0 Å². The van der Waals surface area contributed by atoms with Crippen molar-refractivity contribution in [3.63, 3.8) is 0 Å². The second-order valence-electron chi connectivity index (χ2n) is 7.74. The van der Waals surface area contributed by atoms with Crippen LogP contribution in [0.3, 0.4) is 0 Å². The minimum Gasteiger partial charge on any atom is -0.376 e.